The van der Waals surface area contributed by atoms with Crippen molar-refractivity contribution in [2.75, 3.05) is 13.7 Å². The van der Waals surface area contributed by atoms with Crippen LogP contribution in [0.2, 0.25) is 0 Å². The Morgan fingerprint density at radius 3 is 2.47 bits per heavy atom. The maximum atomic E-state index is 5.94. The maximum Gasteiger partial charge on any atom is 0.123 e. The number of rotatable bonds is 5. The van der Waals surface area contributed by atoms with Gasteiger partial charge in [-0.05, 0) is 44.9 Å². The van der Waals surface area contributed by atoms with Crippen molar-refractivity contribution in [1.82, 2.24) is 5.32 Å². The van der Waals surface area contributed by atoms with E-state index in [9.17, 15) is 0 Å². The molecule has 0 aromatic heterocycles. The maximum absolute atomic E-state index is 5.94. The third-order valence-corrected chi connectivity index (χ3v) is 2.68. The Labute approximate surface area is 104 Å². The van der Waals surface area contributed by atoms with Gasteiger partial charge in [0, 0.05) is 24.2 Å². The molecular weight excluding hydrogens is 212 g/mol. The average Bonchev–Trinajstić information content (AvgIpc) is 2.18. The largest absolute Gasteiger partial charge is 0.496 e. The van der Waals surface area contributed by atoms with Crippen molar-refractivity contribution in [2.24, 2.45) is 5.73 Å². The highest BCUT2D eigenvalue weighted by Gasteiger charge is 2.12. The van der Waals surface area contributed by atoms with Crippen LogP contribution < -0.4 is 15.8 Å². The molecule has 0 amide bonds. The van der Waals surface area contributed by atoms with Gasteiger partial charge in [-0.2, -0.15) is 0 Å². The minimum absolute atomic E-state index is 0.189. The van der Waals surface area contributed by atoms with Gasteiger partial charge in [0.05, 0.1) is 7.11 Å². The molecule has 3 N–H and O–H groups in total. The summed E-state index contributed by atoms with van der Waals surface area (Å²) in [7, 11) is 1.71. The van der Waals surface area contributed by atoms with E-state index < -0.39 is 0 Å². The molecule has 0 saturated heterocycles. The molecule has 1 aromatic rings. The van der Waals surface area contributed by atoms with Crippen molar-refractivity contribution >= 4 is 0 Å². The van der Waals surface area contributed by atoms with Crippen LogP contribution in [0.15, 0.2) is 12.1 Å². The SMILES string of the molecule is COc1cc(C)cc(C)c1CNCC(C)(C)N. The Kier molecular flexibility index (Phi) is 4.54. The summed E-state index contributed by atoms with van der Waals surface area (Å²) in [5.41, 5.74) is 9.44. The molecule has 0 atom stereocenters. The van der Waals surface area contributed by atoms with Crippen LogP contribution >= 0.6 is 0 Å². The molecule has 0 bridgehead atoms. The van der Waals surface area contributed by atoms with E-state index in [0.29, 0.717) is 0 Å². The molecule has 1 aromatic carbocycles. The van der Waals surface area contributed by atoms with Crippen LogP contribution in [0, 0.1) is 13.8 Å². The lowest BCUT2D eigenvalue weighted by molar-refractivity contribution is 0.403. The molecular formula is C14H24N2O. The number of benzene rings is 1. The summed E-state index contributed by atoms with van der Waals surface area (Å²) in [5.74, 6) is 0.949. The second-order valence-electron chi connectivity index (χ2n) is 5.35. The van der Waals surface area contributed by atoms with E-state index in [-0.39, 0.29) is 5.54 Å². The highest BCUT2D eigenvalue weighted by Crippen LogP contribution is 2.23. The second-order valence-corrected chi connectivity index (χ2v) is 5.35. The minimum Gasteiger partial charge on any atom is -0.496 e. The number of aryl methyl sites for hydroxylation is 2. The van der Waals surface area contributed by atoms with E-state index in [1.165, 1.54) is 16.7 Å². The first-order valence-electron chi connectivity index (χ1n) is 5.97. The first-order valence-corrected chi connectivity index (χ1v) is 5.97. The van der Waals surface area contributed by atoms with E-state index >= 15 is 0 Å². The van der Waals surface area contributed by atoms with Crippen molar-refractivity contribution in [3.63, 3.8) is 0 Å². The smallest absolute Gasteiger partial charge is 0.123 e. The quantitative estimate of drug-likeness (QED) is 0.823. The third-order valence-electron chi connectivity index (χ3n) is 2.68. The number of nitrogens with one attached hydrogen (secondary N) is 1. The summed E-state index contributed by atoms with van der Waals surface area (Å²) in [6.07, 6.45) is 0. The zero-order valence-corrected chi connectivity index (χ0v) is 11.6. The van der Waals surface area contributed by atoms with E-state index in [4.69, 9.17) is 10.5 Å². The summed E-state index contributed by atoms with van der Waals surface area (Å²) in [5, 5.41) is 3.37. The van der Waals surface area contributed by atoms with Crippen LogP contribution in [0.4, 0.5) is 0 Å². The van der Waals surface area contributed by atoms with Crippen LogP contribution in [0.1, 0.15) is 30.5 Å². The van der Waals surface area contributed by atoms with Crippen LogP contribution in [0.25, 0.3) is 0 Å². The Morgan fingerprint density at radius 2 is 1.94 bits per heavy atom. The van der Waals surface area contributed by atoms with Crippen LogP contribution in [0.3, 0.4) is 0 Å². The predicted molar refractivity (Wildman–Crippen MR) is 72.4 cm³/mol. The first-order chi connectivity index (χ1) is 7.83. The van der Waals surface area contributed by atoms with Gasteiger partial charge in [0.2, 0.25) is 0 Å². The Hall–Kier alpha value is -1.06. The predicted octanol–water partition coefficient (Wildman–Crippen LogP) is 2.14. The van der Waals surface area contributed by atoms with Crippen molar-refractivity contribution in [2.45, 2.75) is 39.8 Å². The van der Waals surface area contributed by atoms with Gasteiger partial charge in [-0.1, -0.05) is 6.07 Å². The van der Waals surface area contributed by atoms with E-state index in [2.05, 4.69) is 31.3 Å². The fourth-order valence-electron chi connectivity index (χ4n) is 1.88. The summed E-state index contributed by atoms with van der Waals surface area (Å²) in [6, 6.07) is 4.24. The van der Waals surface area contributed by atoms with E-state index in [0.717, 1.165) is 18.8 Å². The monoisotopic (exact) mass is 236 g/mol. The number of hydrogen-bond acceptors (Lipinski definition) is 3. The normalized spacial score (nSPS) is 11.6. The third kappa shape index (κ3) is 4.36. The molecule has 1 rings (SSSR count). The zero-order valence-electron chi connectivity index (χ0n) is 11.6. The van der Waals surface area contributed by atoms with Gasteiger partial charge < -0.3 is 15.8 Å². The van der Waals surface area contributed by atoms with Crippen LogP contribution in [0.5, 0.6) is 5.75 Å². The van der Waals surface area contributed by atoms with Gasteiger partial charge >= 0.3 is 0 Å². The molecule has 0 saturated carbocycles. The Morgan fingerprint density at radius 1 is 1.29 bits per heavy atom. The standard InChI is InChI=1S/C14H24N2O/c1-10-6-11(2)12(13(7-10)17-5)8-16-9-14(3,4)15/h6-7,16H,8-9,15H2,1-5H3. The second kappa shape index (κ2) is 5.52. The lowest BCUT2D eigenvalue weighted by Gasteiger charge is -2.20. The lowest BCUT2D eigenvalue weighted by atomic mass is 10.0. The first kappa shape index (κ1) is 14.0. The summed E-state index contributed by atoms with van der Waals surface area (Å²) in [6.45, 7) is 9.79. The number of methoxy groups -OCH3 is 1. The summed E-state index contributed by atoms with van der Waals surface area (Å²) >= 11 is 0. The van der Waals surface area contributed by atoms with Crippen molar-refractivity contribution in [1.29, 1.82) is 0 Å². The molecule has 96 valence electrons. The highest BCUT2D eigenvalue weighted by molar-refractivity contribution is 5.42. The van der Waals surface area contributed by atoms with Crippen molar-refractivity contribution < 1.29 is 4.74 Å². The van der Waals surface area contributed by atoms with Crippen molar-refractivity contribution in [3.8, 4) is 5.75 Å². The molecule has 0 aliphatic heterocycles. The fraction of sp³-hybridized carbons (Fsp3) is 0.571. The fourth-order valence-corrected chi connectivity index (χ4v) is 1.88. The van der Waals surface area contributed by atoms with Gasteiger partial charge in [0.1, 0.15) is 5.75 Å². The molecule has 0 heterocycles. The Bertz CT molecular complexity index is 381. The van der Waals surface area contributed by atoms with Crippen LogP contribution in [-0.2, 0) is 6.54 Å². The van der Waals surface area contributed by atoms with Gasteiger partial charge in [0.25, 0.3) is 0 Å². The zero-order chi connectivity index (χ0) is 13.1. The molecule has 0 spiro atoms. The van der Waals surface area contributed by atoms with Gasteiger partial charge in [-0.3, -0.25) is 0 Å². The summed E-state index contributed by atoms with van der Waals surface area (Å²) in [4.78, 5) is 0. The molecule has 0 aliphatic carbocycles. The molecule has 0 aliphatic rings. The van der Waals surface area contributed by atoms with Crippen LogP contribution in [-0.4, -0.2) is 19.2 Å². The molecule has 0 unspecified atom stereocenters. The van der Waals surface area contributed by atoms with Gasteiger partial charge in [0.15, 0.2) is 0 Å². The van der Waals surface area contributed by atoms with E-state index in [1.54, 1.807) is 7.11 Å². The topological polar surface area (TPSA) is 47.3 Å². The van der Waals surface area contributed by atoms with E-state index in [1.807, 2.05) is 13.8 Å². The molecule has 3 heteroatoms. The molecule has 3 nitrogen and oxygen atoms in total. The number of hydrogen-bond donors (Lipinski definition) is 2. The minimum atomic E-state index is -0.189. The summed E-state index contributed by atoms with van der Waals surface area (Å²) < 4.78 is 5.42. The van der Waals surface area contributed by atoms with Gasteiger partial charge in [-0.25, -0.2) is 0 Å². The molecule has 0 radical (unpaired) electrons. The van der Waals surface area contributed by atoms with Gasteiger partial charge in [-0.15, -0.1) is 0 Å². The lowest BCUT2D eigenvalue weighted by Crippen LogP contribution is -2.42. The molecule has 17 heavy (non-hydrogen) atoms. The average molecular weight is 236 g/mol. The number of nitrogens with two attached hydrogens (primary N) is 1. The highest BCUT2D eigenvalue weighted by atomic mass is 16.5. The number of ether oxygens (including phenoxy) is 1. The Balaban J connectivity index is 2.76. The van der Waals surface area contributed by atoms with Crippen molar-refractivity contribution in [3.05, 3.63) is 28.8 Å². The molecule has 0 fully saturated rings.